The lowest BCUT2D eigenvalue weighted by Gasteiger charge is -2.38. The average molecular weight is 339 g/mol. The molecule has 2 atom stereocenters. The molecule has 0 radical (unpaired) electrons. The molecule has 1 fully saturated rings. The van der Waals surface area contributed by atoms with Crippen LogP contribution >= 0.6 is 0 Å². The van der Waals surface area contributed by atoms with Crippen molar-refractivity contribution in [3.8, 4) is 0 Å². The fraction of sp³-hybridized carbons (Fsp3) is 0.812. The summed E-state index contributed by atoms with van der Waals surface area (Å²) in [6, 6.07) is -0.608. The molecular weight excluding hydrogens is 308 g/mol. The van der Waals surface area contributed by atoms with Crippen molar-refractivity contribution in [2.75, 3.05) is 13.2 Å². The van der Waals surface area contributed by atoms with Crippen LogP contribution in [0, 0.1) is 0 Å². The van der Waals surface area contributed by atoms with Gasteiger partial charge in [-0.15, -0.1) is 6.58 Å². The molecule has 0 aromatic carbocycles. The molecule has 0 saturated carbocycles. The van der Waals surface area contributed by atoms with Crippen LogP contribution < -0.4 is 0 Å². The van der Waals surface area contributed by atoms with Gasteiger partial charge in [-0.25, -0.2) is 0 Å². The summed E-state index contributed by atoms with van der Waals surface area (Å²) in [7, 11) is -1.83. The van der Waals surface area contributed by atoms with Crippen LogP contribution in [0.4, 0.5) is 0 Å². The van der Waals surface area contributed by atoms with Gasteiger partial charge >= 0.3 is 0 Å². The fourth-order valence-corrected chi connectivity index (χ4v) is 3.47. The number of azide groups is 1. The predicted octanol–water partition coefficient (Wildman–Crippen LogP) is 4.25. The second kappa shape index (κ2) is 7.99. The first-order valence-electron chi connectivity index (χ1n) is 8.23. The summed E-state index contributed by atoms with van der Waals surface area (Å²) in [5.74, 6) is -0.107. The van der Waals surface area contributed by atoms with Crippen LogP contribution in [0.15, 0.2) is 17.8 Å². The number of carbonyl (C=O) groups is 1. The van der Waals surface area contributed by atoms with Crippen LogP contribution in [0.1, 0.15) is 40.0 Å². The van der Waals surface area contributed by atoms with Gasteiger partial charge in [-0.3, -0.25) is 4.79 Å². The van der Waals surface area contributed by atoms with Gasteiger partial charge in [0.25, 0.3) is 0 Å². The maximum absolute atomic E-state index is 12.6. The number of carbonyl (C=O) groups excluding carboxylic acids is 1. The Morgan fingerprint density at radius 2 is 2.22 bits per heavy atom. The minimum atomic E-state index is -1.83. The minimum Gasteiger partial charge on any atom is -0.415 e. The Morgan fingerprint density at radius 3 is 2.74 bits per heavy atom. The molecule has 1 saturated heterocycles. The normalized spacial score (nSPS) is 20.0. The van der Waals surface area contributed by atoms with Crippen molar-refractivity contribution < 1.29 is 9.22 Å². The summed E-state index contributed by atoms with van der Waals surface area (Å²) >= 11 is 0. The summed E-state index contributed by atoms with van der Waals surface area (Å²) in [4.78, 5) is 17.3. The Kier molecular flexibility index (Phi) is 6.86. The third-order valence-corrected chi connectivity index (χ3v) is 9.47. The summed E-state index contributed by atoms with van der Waals surface area (Å²) in [6.45, 7) is 16.0. The minimum absolute atomic E-state index is 0.0813. The summed E-state index contributed by atoms with van der Waals surface area (Å²) in [5.41, 5.74) is 8.65. The molecule has 0 unspecified atom stereocenters. The van der Waals surface area contributed by atoms with Crippen LogP contribution in [0.2, 0.25) is 18.1 Å². The largest absolute Gasteiger partial charge is 0.415 e. The maximum Gasteiger partial charge on any atom is 0.232 e. The smallest absolute Gasteiger partial charge is 0.232 e. The lowest BCUT2D eigenvalue weighted by Crippen LogP contribution is -2.47. The van der Waals surface area contributed by atoms with Crippen molar-refractivity contribution in [2.24, 2.45) is 5.11 Å². The summed E-state index contributed by atoms with van der Waals surface area (Å²) in [6.07, 6.45) is 3.90. The molecule has 23 heavy (non-hydrogen) atoms. The molecule has 130 valence electrons. The molecule has 1 amide bonds. The molecule has 0 aromatic heterocycles. The van der Waals surface area contributed by atoms with Crippen LogP contribution in [-0.4, -0.2) is 44.4 Å². The SMILES string of the molecule is C=CC[C@@H](N=[N+]=[N-])C(=O)N1CCC[C@H]1CO[Si](C)(C)C(C)(C)C. The van der Waals surface area contributed by atoms with E-state index in [1.54, 1.807) is 6.08 Å². The third kappa shape index (κ3) is 5.09. The van der Waals surface area contributed by atoms with E-state index in [1.165, 1.54) is 0 Å². The molecule has 0 aromatic rings. The first-order valence-corrected chi connectivity index (χ1v) is 11.1. The highest BCUT2D eigenvalue weighted by molar-refractivity contribution is 6.74. The van der Waals surface area contributed by atoms with Crippen molar-refractivity contribution in [3.63, 3.8) is 0 Å². The van der Waals surface area contributed by atoms with Gasteiger partial charge in [-0.1, -0.05) is 32.0 Å². The number of rotatable bonds is 7. The third-order valence-electron chi connectivity index (χ3n) is 4.97. The number of nitrogens with zero attached hydrogens (tertiary/aromatic N) is 4. The zero-order valence-corrected chi connectivity index (χ0v) is 16.1. The fourth-order valence-electron chi connectivity index (χ4n) is 2.43. The Hall–Kier alpha value is -1.30. The lowest BCUT2D eigenvalue weighted by atomic mass is 10.1. The van der Waals surface area contributed by atoms with Crippen molar-refractivity contribution in [1.82, 2.24) is 4.90 Å². The number of likely N-dealkylation sites (tertiary alicyclic amines) is 1. The zero-order valence-electron chi connectivity index (χ0n) is 15.1. The predicted molar refractivity (Wildman–Crippen MR) is 95.6 cm³/mol. The molecule has 1 heterocycles. The summed E-state index contributed by atoms with van der Waals surface area (Å²) in [5, 5.41) is 3.78. The van der Waals surface area contributed by atoms with E-state index in [-0.39, 0.29) is 17.0 Å². The first kappa shape index (κ1) is 19.7. The van der Waals surface area contributed by atoms with Gasteiger partial charge in [0.15, 0.2) is 8.32 Å². The van der Waals surface area contributed by atoms with E-state index in [2.05, 4.69) is 50.5 Å². The van der Waals surface area contributed by atoms with Gasteiger partial charge < -0.3 is 9.33 Å². The lowest BCUT2D eigenvalue weighted by molar-refractivity contribution is -0.133. The molecule has 1 rings (SSSR count). The van der Waals surface area contributed by atoms with Gasteiger partial charge in [0, 0.05) is 11.5 Å². The van der Waals surface area contributed by atoms with Crippen molar-refractivity contribution >= 4 is 14.2 Å². The van der Waals surface area contributed by atoms with E-state index in [0.717, 1.165) is 12.8 Å². The van der Waals surface area contributed by atoms with Gasteiger partial charge in [0.1, 0.15) is 6.04 Å². The Bertz CT molecular complexity index is 481. The highest BCUT2D eigenvalue weighted by Gasteiger charge is 2.39. The molecule has 1 aliphatic heterocycles. The van der Waals surface area contributed by atoms with Gasteiger partial charge in [0.2, 0.25) is 5.91 Å². The molecule has 0 bridgehead atoms. The molecule has 1 aliphatic rings. The Balaban J connectivity index is 2.75. The van der Waals surface area contributed by atoms with Gasteiger partial charge in [-0.05, 0) is 42.9 Å². The summed E-state index contributed by atoms with van der Waals surface area (Å²) < 4.78 is 6.28. The van der Waals surface area contributed by atoms with Crippen molar-refractivity contribution in [3.05, 3.63) is 23.1 Å². The quantitative estimate of drug-likeness (QED) is 0.229. The standard InChI is InChI=1S/C16H30N4O2Si/c1-7-9-14(18-19-17)15(21)20-11-8-10-13(20)12-22-23(5,6)16(2,3)4/h7,13-14H,1,8-12H2,2-6H3/t13-,14+/m0/s1. The Labute approximate surface area is 140 Å². The van der Waals surface area contributed by atoms with Crippen LogP contribution in [0.3, 0.4) is 0 Å². The molecule has 7 heteroatoms. The van der Waals surface area contributed by atoms with E-state index in [0.29, 0.717) is 19.6 Å². The highest BCUT2D eigenvalue weighted by atomic mass is 28.4. The average Bonchev–Trinajstić information content (AvgIpc) is 2.91. The molecule has 0 aliphatic carbocycles. The van der Waals surface area contributed by atoms with Crippen LogP contribution in [-0.2, 0) is 9.22 Å². The highest BCUT2D eigenvalue weighted by Crippen LogP contribution is 2.37. The van der Waals surface area contributed by atoms with E-state index in [1.807, 2.05) is 4.90 Å². The first-order chi connectivity index (χ1) is 10.6. The monoisotopic (exact) mass is 338 g/mol. The van der Waals surface area contributed by atoms with Crippen molar-refractivity contribution in [1.29, 1.82) is 0 Å². The second-order valence-electron chi connectivity index (χ2n) is 7.64. The Morgan fingerprint density at radius 1 is 1.57 bits per heavy atom. The number of hydrogen-bond acceptors (Lipinski definition) is 3. The van der Waals surface area contributed by atoms with Crippen LogP contribution in [0.25, 0.3) is 10.4 Å². The van der Waals surface area contributed by atoms with Gasteiger partial charge in [-0.2, -0.15) is 0 Å². The molecular formula is C16H30N4O2Si. The number of hydrogen-bond donors (Lipinski definition) is 0. The van der Waals surface area contributed by atoms with E-state index in [4.69, 9.17) is 9.96 Å². The molecule has 0 spiro atoms. The second-order valence-corrected chi connectivity index (χ2v) is 12.5. The van der Waals surface area contributed by atoms with Crippen molar-refractivity contribution in [2.45, 2.75) is 70.2 Å². The van der Waals surface area contributed by atoms with E-state index < -0.39 is 14.4 Å². The molecule has 6 nitrogen and oxygen atoms in total. The molecule has 0 N–H and O–H groups in total. The topological polar surface area (TPSA) is 78.3 Å². The van der Waals surface area contributed by atoms with Gasteiger partial charge in [0.05, 0.1) is 12.6 Å². The zero-order chi connectivity index (χ0) is 17.7. The van der Waals surface area contributed by atoms with E-state index >= 15 is 0 Å². The number of amides is 1. The maximum atomic E-state index is 12.6. The van der Waals surface area contributed by atoms with Crippen LogP contribution in [0.5, 0.6) is 0 Å². The van der Waals surface area contributed by atoms with E-state index in [9.17, 15) is 4.79 Å².